The lowest BCUT2D eigenvalue weighted by molar-refractivity contribution is 0.469. The largest absolute Gasteiger partial charge is 0.454 e. The molecule has 0 unspecified atom stereocenters. The van der Waals surface area contributed by atoms with Crippen molar-refractivity contribution < 1.29 is 4.42 Å². The Morgan fingerprint density at radius 3 is 2.80 bits per heavy atom. The fourth-order valence-electron chi connectivity index (χ4n) is 2.72. The average Bonchev–Trinajstić information content (AvgIpc) is 3.12. The molecule has 7 heteroatoms. The molecule has 0 aliphatic carbocycles. The van der Waals surface area contributed by atoms with Crippen LogP contribution in [0.25, 0.3) is 0 Å². The lowest BCUT2D eigenvalue weighted by Crippen LogP contribution is -2.38. The summed E-state index contributed by atoms with van der Waals surface area (Å²) in [5.74, 6) is 2.23. The maximum Gasteiger partial charge on any atom is 0.193 e. The van der Waals surface area contributed by atoms with Crippen LogP contribution >= 0.6 is 15.9 Å². The molecule has 2 aromatic heterocycles. The van der Waals surface area contributed by atoms with E-state index in [9.17, 15) is 0 Å². The van der Waals surface area contributed by atoms with E-state index in [1.165, 1.54) is 5.56 Å². The van der Waals surface area contributed by atoms with Gasteiger partial charge >= 0.3 is 0 Å². The van der Waals surface area contributed by atoms with E-state index in [1.807, 2.05) is 23.9 Å². The molecule has 0 fully saturated rings. The number of rotatable bonds is 7. The van der Waals surface area contributed by atoms with Crippen LogP contribution in [0.3, 0.4) is 0 Å². The van der Waals surface area contributed by atoms with Gasteiger partial charge in [0, 0.05) is 51.9 Å². The Morgan fingerprint density at radius 2 is 2.20 bits per heavy atom. The SMILES string of the molecule is CCNC(=NCCc1ccc(Br)o1)N(C)Cc1cn(C)nc1C(C)C. The van der Waals surface area contributed by atoms with Gasteiger partial charge in [-0.25, -0.2) is 0 Å². The second-order valence-corrected chi connectivity index (χ2v) is 7.20. The topological polar surface area (TPSA) is 58.6 Å². The summed E-state index contributed by atoms with van der Waals surface area (Å²) in [6, 6.07) is 3.88. The van der Waals surface area contributed by atoms with Crippen molar-refractivity contribution in [2.24, 2.45) is 12.0 Å². The van der Waals surface area contributed by atoms with E-state index in [0.717, 1.165) is 41.6 Å². The van der Waals surface area contributed by atoms with Crippen molar-refractivity contribution in [3.63, 3.8) is 0 Å². The van der Waals surface area contributed by atoms with Crippen molar-refractivity contribution >= 4 is 21.9 Å². The number of nitrogens with one attached hydrogen (secondary N) is 1. The Hall–Kier alpha value is -1.76. The number of hydrogen-bond donors (Lipinski definition) is 1. The third kappa shape index (κ3) is 5.63. The first-order valence-electron chi connectivity index (χ1n) is 8.66. The highest BCUT2D eigenvalue weighted by molar-refractivity contribution is 9.10. The van der Waals surface area contributed by atoms with Gasteiger partial charge in [0.1, 0.15) is 5.76 Å². The maximum atomic E-state index is 5.53. The van der Waals surface area contributed by atoms with Crippen molar-refractivity contribution in [3.8, 4) is 0 Å². The molecule has 0 aromatic carbocycles. The third-order valence-corrected chi connectivity index (χ3v) is 4.26. The molecule has 0 bridgehead atoms. The molecule has 0 spiro atoms. The van der Waals surface area contributed by atoms with E-state index < -0.39 is 0 Å². The van der Waals surface area contributed by atoms with E-state index >= 15 is 0 Å². The van der Waals surface area contributed by atoms with Crippen molar-refractivity contribution in [1.82, 2.24) is 20.0 Å². The summed E-state index contributed by atoms with van der Waals surface area (Å²) >= 11 is 3.33. The van der Waals surface area contributed by atoms with Crippen LogP contribution in [0.1, 0.15) is 43.7 Å². The van der Waals surface area contributed by atoms with Crippen molar-refractivity contribution in [1.29, 1.82) is 0 Å². The molecule has 138 valence electrons. The molecule has 1 N–H and O–H groups in total. The second kappa shape index (κ2) is 9.08. The molecule has 0 radical (unpaired) electrons. The maximum absolute atomic E-state index is 5.53. The van der Waals surface area contributed by atoms with Gasteiger partial charge in [-0.1, -0.05) is 13.8 Å². The Morgan fingerprint density at radius 1 is 1.44 bits per heavy atom. The molecule has 0 amide bonds. The number of guanidine groups is 1. The van der Waals surface area contributed by atoms with E-state index in [0.29, 0.717) is 12.5 Å². The number of nitrogens with zero attached hydrogens (tertiary/aromatic N) is 4. The first-order valence-corrected chi connectivity index (χ1v) is 9.46. The zero-order valence-corrected chi connectivity index (χ0v) is 17.3. The number of hydrogen-bond acceptors (Lipinski definition) is 3. The highest BCUT2D eigenvalue weighted by Crippen LogP contribution is 2.18. The Labute approximate surface area is 158 Å². The predicted octanol–water partition coefficient (Wildman–Crippen LogP) is 3.54. The van der Waals surface area contributed by atoms with Gasteiger partial charge in [0.15, 0.2) is 10.6 Å². The highest BCUT2D eigenvalue weighted by Gasteiger charge is 2.15. The summed E-state index contributed by atoms with van der Waals surface area (Å²) in [6.07, 6.45) is 2.87. The minimum Gasteiger partial charge on any atom is -0.454 e. The van der Waals surface area contributed by atoms with Gasteiger partial charge in [-0.3, -0.25) is 9.67 Å². The van der Waals surface area contributed by atoms with Crippen LogP contribution in [-0.2, 0) is 20.0 Å². The first-order chi connectivity index (χ1) is 11.9. The molecule has 0 saturated heterocycles. The summed E-state index contributed by atoms with van der Waals surface area (Å²) in [5.41, 5.74) is 2.38. The monoisotopic (exact) mass is 409 g/mol. The number of aromatic nitrogens is 2. The quantitative estimate of drug-likeness (QED) is 0.561. The summed E-state index contributed by atoms with van der Waals surface area (Å²) in [7, 11) is 4.03. The minimum atomic E-state index is 0.404. The number of furan rings is 1. The minimum absolute atomic E-state index is 0.404. The van der Waals surface area contributed by atoms with Crippen molar-refractivity contribution in [2.45, 2.75) is 39.7 Å². The van der Waals surface area contributed by atoms with Crippen LogP contribution in [0, 0.1) is 0 Å². The molecule has 2 heterocycles. The molecule has 6 nitrogen and oxygen atoms in total. The van der Waals surface area contributed by atoms with Crippen molar-refractivity contribution in [2.75, 3.05) is 20.1 Å². The smallest absolute Gasteiger partial charge is 0.193 e. The lowest BCUT2D eigenvalue weighted by atomic mass is 10.1. The summed E-state index contributed by atoms with van der Waals surface area (Å²) in [6.45, 7) is 8.71. The standard InChI is InChI=1S/C18H28BrN5O/c1-6-20-18(21-10-9-15-7-8-16(19)25-15)23(4)11-14-12-24(5)22-17(14)13(2)3/h7-8,12-13H,6,9-11H2,1-5H3,(H,20,21). The molecular formula is C18H28BrN5O. The predicted molar refractivity (Wildman–Crippen MR) is 105 cm³/mol. The average molecular weight is 410 g/mol. The van der Waals surface area contributed by atoms with E-state index in [2.05, 4.69) is 65.3 Å². The van der Waals surface area contributed by atoms with Gasteiger partial charge < -0.3 is 14.6 Å². The number of aryl methyl sites for hydroxylation is 1. The second-order valence-electron chi connectivity index (χ2n) is 6.42. The van der Waals surface area contributed by atoms with Gasteiger partial charge in [-0.05, 0) is 40.9 Å². The molecule has 2 aromatic rings. The van der Waals surface area contributed by atoms with E-state index in [4.69, 9.17) is 9.41 Å². The van der Waals surface area contributed by atoms with E-state index in [1.54, 1.807) is 0 Å². The lowest BCUT2D eigenvalue weighted by Gasteiger charge is -2.22. The molecule has 2 rings (SSSR count). The van der Waals surface area contributed by atoms with Crippen LogP contribution in [-0.4, -0.2) is 40.8 Å². The number of aliphatic imine (C=N–C) groups is 1. The van der Waals surface area contributed by atoms with Crippen LogP contribution < -0.4 is 5.32 Å². The molecular weight excluding hydrogens is 382 g/mol. The van der Waals surface area contributed by atoms with Gasteiger partial charge in [0.25, 0.3) is 0 Å². The summed E-state index contributed by atoms with van der Waals surface area (Å²) in [5, 5.41) is 7.94. The van der Waals surface area contributed by atoms with Crippen LogP contribution in [0.4, 0.5) is 0 Å². The summed E-state index contributed by atoms with van der Waals surface area (Å²) < 4.78 is 8.17. The van der Waals surface area contributed by atoms with Gasteiger partial charge in [0.05, 0.1) is 5.69 Å². The third-order valence-electron chi connectivity index (χ3n) is 3.84. The Bertz CT molecular complexity index is 704. The first kappa shape index (κ1) is 19.6. The summed E-state index contributed by atoms with van der Waals surface area (Å²) in [4.78, 5) is 6.87. The Kier molecular flexibility index (Phi) is 7.11. The normalized spacial score (nSPS) is 12.0. The van der Waals surface area contributed by atoms with Crippen molar-refractivity contribution in [3.05, 3.63) is 40.0 Å². The fourth-order valence-corrected chi connectivity index (χ4v) is 3.06. The molecule has 25 heavy (non-hydrogen) atoms. The molecule has 0 saturated carbocycles. The molecule has 0 aliphatic rings. The number of halogens is 1. The van der Waals surface area contributed by atoms with Gasteiger partial charge in [-0.2, -0.15) is 5.10 Å². The van der Waals surface area contributed by atoms with E-state index in [-0.39, 0.29) is 0 Å². The van der Waals surface area contributed by atoms with Gasteiger partial charge in [-0.15, -0.1) is 0 Å². The zero-order chi connectivity index (χ0) is 18.4. The van der Waals surface area contributed by atoms with Gasteiger partial charge in [0.2, 0.25) is 0 Å². The Balaban J connectivity index is 2.04. The fraction of sp³-hybridized carbons (Fsp3) is 0.556. The highest BCUT2D eigenvalue weighted by atomic mass is 79.9. The van der Waals surface area contributed by atoms with Crippen LogP contribution in [0.5, 0.6) is 0 Å². The molecule has 0 aliphatic heterocycles. The zero-order valence-electron chi connectivity index (χ0n) is 15.7. The van der Waals surface area contributed by atoms with Crippen LogP contribution in [0.15, 0.2) is 32.4 Å². The molecule has 0 atom stereocenters. The van der Waals surface area contributed by atoms with Crippen LogP contribution in [0.2, 0.25) is 0 Å².